The number of hydrogen-bond acceptors (Lipinski definition) is 9. The standard InChI is InChI=1S/C40H38N8O5/c1-22(2)29-16-26(17-33-36(29)48(6)40(52)47(33)5)46(4)27-19-42-37(43-20-27)25-10-12-32(41-18-25)39(51)44-23(3)7-8-24-9-13-34-30(15-24)31(21-53-34)28-11-14-35(49)45-38(28)50/h9-10,12-13,15-23,28H,11,14H2,1-6H3,(H,44,51)(H,45,49,50). The van der Waals surface area contributed by atoms with E-state index in [4.69, 9.17) is 4.42 Å². The van der Waals surface area contributed by atoms with Gasteiger partial charge in [-0.3, -0.25) is 33.8 Å². The third-order valence-corrected chi connectivity index (χ3v) is 9.66. The quantitative estimate of drug-likeness (QED) is 0.171. The van der Waals surface area contributed by atoms with E-state index >= 15 is 0 Å². The molecule has 1 saturated heterocycles. The van der Waals surface area contributed by atoms with Gasteiger partial charge in [0, 0.05) is 61.5 Å². The van der Waals surface area contributed by atoms with Gasteiger partial charge in [0.25, 0.3) is 5.91 Å². The van der Waals surface area contributed by atoms with Crippen molar-refractivity contribution in [2.24, 2.45) is 14.1 Å². The number of hydrogen-bond donors (Lipinski definition) is 2. The maximum absolute atomic E-state index is 13.0. The van der Waals surface area contributed by atoms with Gasteiger partial charge in [-0.25, -0.2) is 14.8 Å². The fourth-order valence-electron chi connectivity index (χ4n) is 6.64. The summed E-state index contributed by atoms with van der Waals surface area (Å²) in [7, 11) is 5.51. The summed E-state index contributed by atoms with van der Waals surface area (Å²) < 4.78 is 9.02. The fourth-order valence-corrected chi connectivity index (χ4v) is 6.64. The first-order valence-corrected chi connectivity index (χ1v) is 17.3. The van der Waals surface area contributed by atoms with Gasteiger partial charge >= 0.3 is 5.69 Å². The molecule has 1 fully saturated rings. The van der Waals surface area contributed by atoms with Crippen LogP contribution in [0.3, 0.4) is 0 Å². The number of pyridine rings is 1. The Kier molecular flexibility index (Phi) is 9.13. The van der Waals surface area contributed by atoms with Crippen molar-refractivity contribution in [2.75, 3.05) is 11.9 Å². The predicted molar refractivity (Wildman–Crippen MR) is 201 cm³/mol. The Hall–Kier alpha value is -6.55. The highest BCUT2D eigenvalue weighted by Gasteiger charge is 2.30. The number of aryl methyl sites for hydroxylation is 2. The second-order valence-electron chi connectivity index (χ2n) is 13.6. The van der Waals surface area contributed by atoms with Crippen molar-refractivity contribution in [3.63, 3.8) is 0 Å². The number of anilines is 2. The van der Waals surface area contributed by atoms with Gasteiger partial charge in [-0.2, -0.15) is 0 Å². The molecule has 3 amide bonds. The molecule has 2 N–H and O–H groups in total. The molecule has 1 aliphatic rings. The zero-order valence-electron chi connectivity index (χ0n) is 30.2. The minimum Gasteiger partial charge on any atom is -0.464 e. The Morgan fingerprint density at radius 1 is 0.981 bits per heavy atom. The topological polar surface area (TPSA) is 157 Å². The highest BCUT2D eigenvalue weighted by Crippen LogP contribution is 2.34. The molecule has 2 atom stereocenters. The number of nitrogens with zero attached hydrogens (tertiary/aromatic N) is 6. The highest BCUT2D eigenvalue weighted by molar-refractivity contribution is 6.02. The molecule has 0 bridgehead atoms. The maximum Gasteiger partial charge on any atom is 0.328 e. The van der Waals surface area contributed by atoms with E-state index in [1.54, 1.807) is 73.2 Å². The van der Waals surface area contributed by atoms with Crippen LogP contribution in [0.2, 0.25) is 0 Å². The molecule has 13 heteroatoms. The molecule has 0 saturated carbocycles. The molecule has 268 valence electrons. The Bertz CT molecular complexity index is 2530. The van der Waals surface area contributed by atoms with E-state index in [0.29, 0.717) is 29.0 Å². The zero-order valence-corrected chi connectivity index (χ0v) is 30.2. The van der Waals surface area contributed by atoms with Crippen LogP contribution in [0.1, 0.15) is 72.6 Å². The lowest BCUT2D eigenvalue weighted by atomic mass is 9.90. The van der Waals surface area contributed by atoms with Crippen LogP contribution in [0, 0.1) is 11.8 Å². The summed E-state index contributed by atoms with van der Waals surface area (Å²) in [6, 6.07) is 12.4. The highest BCUT2D eigenvalue weighted by atomic mass is 16.3. The van der Waals surface area contributed by atoms with E-state index in [9.17, 15) is 19.2 Å². The van der Waals surface area contributed by atoms with Crippen LogP contribution in [0.5, 0.6) is 0 Å². The maximum atomic E-state index is 13.0. The van der Waals surface area contributed by atoms with Crippen LogP contribution in [0.25, 0.3) is 33.4 Å². The molecule has 0 radical (unpaired) electrons. The molecule has 2 unspecified atom stereocenters. The second kappa shape index (κ2) is 13.9. The molecule has 0 aliphatic carbocycles. The minimum atomic E-state index is -0.490. The average Bonchev–Trinajstić information content (AvgIpc) is 3.67. The minimum absolute atomic E-state index is 0.0703. The van der Waals surface area contributed by atoms with Gasteiger partial charge in [0.05, 0.1) is 47.3 Å². The van der Waals surface area contributed by atoms with Gasteiger partial charge in [0.2, 0.25) is 11.8 Å². The molecule has 4 aromatic heterocycles. The summed E-state index contributed by atoms with van der Waals surface area (Å²) in [5.74, 6) is 5.35. The monoisotopic (exact) mass is 710 g/mol. The van der Waals surface area contributed by atoms with Crippen LogP contribution in [-0.4, -0.2) is 54.9 Å². The van der Waals surface area contributed by atoms with E-state index in [0.717, 1.165) is 38.9 Å². The summed E-state index contributed by atoms with van der Waals surface area (Å²) in [6.07, 6.45) is 7.27. The lowest BCUT2D eigenvalue weighted by molar-refractivity contribution is -0.134. The van der Waals surface area contributed by atoms with Gasteiger partial charge in [0.15, 0.2) is 5.82 Å². The number of fused-ring (bicyclic) bond motifs is 2. The fraction of sp³-hybridized carbons (Fsp3) is 0.275. The normalized spacial score (nSPS) is 15.0. The first kappa shape index (κ1) is 34.9. The third-order valence-electron chi connectivity index (χ3n) is 9.66. The molecule has 13 nitrogen and oxygen atoms in total. The number of carbonyl (C=O) groups excluding carboxylic acids is 3. The zero-order chi connectivity index (χ0) is 37.6. The lowest BCUT2D eigenvalue weighted by Gasteiger charge is -2.21. The molecule has 7 rings (SSSR count). The molecule has 6 aromatic rings. The Balaban J connectivity index is 1.01. The molecule has 5 heterocycles. The number of amides is 3. The van der Waals surface area contributed by atoms with Crippen LogP contribution >= 0.6 is 0 Å². The van der Waals surface area contributed by atoms with Crippen molar-refractivity contribution in [3.05, 3.63) is 100 Å². The van der Waals surface area contributed by atoms with E-state index in [-0.39, 0.29) is 41.4 Å². The summed E-state index contributed by atoms with van der Waals surface area (Å²) in [6.45, 7) is 6.00. The molecule has 53 heavy (non-hydrogen) atoms. The van der Waals surface area contributed by atoms with Crippen molar-refractivity contribution in [1.82, 2.24) is 34.7 Å². The lowest BCUT2D eigenvalue weighted by Crippen LogP contribution is -2.39. The van der Waals surface area contributed by atoms with Crippen LogP contribution < -0.4 is 21.2 Å². The second-order valence-corrected chi connectivity index (χ2v) is 13.6. The third kappa shape index (κ3) is 6.67. The van der Waals surface area contributed by atoms with E-state index in [1.165, 1.54) is 0 Å². The predicted octanol–water partition coefficient (Wildman–Crippen LogP) is 5.06. The molecular formula is C40H38N8O5. The van der Waals surface area contributed by atoms with Crippen molar-refractivity contribution >= 4 is 51.1 Å². The van der Waals surface area contributed by atoms with Crippen LogP contribution in [0.15, 0.2) is 76.5 Å². The van der Waals surface area contributed by atoms with Crippen molar-refractivity contribution < 1.29 is 18.8 Å². The Labute approximate surface area is 305 Å². The Morgan fingerprint density at radius 3 is 2.45 bits per heavy atom. The van der Waals surface area contributed by atoms with Crippen molar-refractivity contribution in [3.8, 4) is 23.2 Å². The number of piperidine rings is 1. The Morgan fingerprint density at radius 2 is 1.75 bits per heavy atom. The smallest absolute Gasteiger partial charge is 0.328 e. The summed E-state index contributed by atoms with van der Waals surface area (Å²) >= 11 is 0. The number of imide groups is 1. The molecule has 0 spiro atoms. The number of imidazole rings is 1. The van der Waals surface area contributed by atoms with E-state index < -0.39 is 12.0 Å². The van der Waals surface area contributed by atoms with E-state index in [1.807, 2.05) is 30.1 Å². The number of furan rings is 1. The SMILES string of the molecule is CC(C#Cc1ccc2occ(C3CCC(=O)NC3=O)c2c1)NC(=O)c1ccc(-c2ncc(N(C)c3cc(C(C)C)c4c(c3)n(C)c(=O)n4C)cn2)cn1. The largest absolute Gasteiger partial charge is 0.464 e. The molecular weight excluding hydrogens is 672 g/mol. The summed E-state index contributed by atoms with van der Waals surface area (Å²) in [5.41, 5.74) is 7.37. The van der Waals surface area contributed by atoms with E-state index in [2.05, 4.69) is 57.3 Å². The van der Waals surface area contributed by atoms with Gasteiger partial charge in [-0.15, -0.1) is 0 Å². The summed E-state index contributed by atoms with van der Waals surface area (Å²) in [4.78, 5) is 65.2. The first-order chi connectivity index (χ1) is 25.4. The number of benzene rings is 2. The van der Waals surface area contributed by atoms with Gasteiger partial charge in [-0.05, 0) is 67.3 Å². The van der Waals surface area contributed by atoms with Gasteiger partial charge < -0.3 is 14.6 Å². The molecule has 2 aromatic carbocycles. The number of nitrogens with one attached hydrogen (secondary N) is 2. The number of aromatic nitrogens is 5. The first-order valence-electron chi connectivity index (χ1n) is 17.3. The van der Waals surface area contributed by atoms with Crippen molar-refractivity contribution in [1.29, 1.82) is 0 Å². The van der Waals surface area contributed by atoms with Crippen LogP contribution in [0.4, 0.5) is 11.4 Å². The number of carbonyl (C=O) groups is 3. The number of rotatable bonds is 7. The van der Waals surface area contributed by atoms with Gasteiger partial charge in [-0.1, -0.05) is 25.7 Å². The van der Waals surface area contributed by atoms with Crippen molar-refractivity contribution in [2.45, 2.75) is 51.5 Å². The summed E-state index contributed by atoms with van der Waals surface area (Å²) in [5, 5.41) is 6.02. The van der Waals surface area contributed by atoms with Crippen LogP contribution in [-0.2, 0) is 23.7 Å². The van der Waals surface area contributed by atoms with Gasteiger partial charge in [0.1, 0.15) is 11.3 Å². The molecule has 1 aliphatic heterocycles. The average molecular weight is 711 g/mol.